The summed E-state index contributed by atoms with van der Waals surface area (Å²) in [4.78, 5) is 12.4. The van der Waals surface area contributed by atoms with E-state index in [0.29, 0.717) is 23.8 Å². The highest BCUT2D eigenvalue weighted by Crippen LogP contribution is 2.17. The summed E-state index contributed by atoms with van der Waals surface area (Å²) in [6.45, 7) is 8.69. The van der Waals surface area contributed by atoms with Gasteiger partial charge in [-0.3, -0.25) is 10.1 Å². The number of nitrogens with one attached hydrogen (secondary N) is 2. The summed E-state index contributed by atoms with van der Waals surface area (Å²) in [5.74, 6) is 1.57. The molecule has 5 nitrogen and oxygen atoms in total. The second-order valence-corrected chi connectivity index (χ2v) is 7.24. The van der Waals surface area contributed by atoms with Crippen molar-refractivity contribution in [2.24, 2.45) is 5.92 Å². The van der Waals surface area contributed by atoms with Crippen LogP contribution in [0.1, 0.15) is 38.1 Å². The monoisotopic (exact) mass is 386 g/mol. The molecule has 0 aliphatic rings. The Morgan fingerprint density at radius 3 is 2.37 bits per heavy atom. The highest BCUT2D eigenvalue weighted by atomic mass is 32.1. The molecule has 0 aliphatic heterocycles. The molecule has 0 aliphatic carbocycles. The first kappa shape index (κ1) is 20.7. The van der Waals surface area contributed by atoms with Gasteiger partial charge in [0, 0.05) is 11.3 Å². The Hall–Kier alpha value is -2.60. The third-order valence-corrected chi connectivity index (χ3v) is 3.59. The SMILES string of the molecule is CC(C)COc1cccc(C(=O)NC(=S)Nc2ccc(OC(C)C)cc2)c1. The predicted octanol–water partition coefficient (Wildman–Crippen LogP) is 4.64. The van der Waals surface area contributed by atoms with E-state index in [1.54, 1.807) is 18.2 Å². The number of rotatable bonds is 7. The van der Waals surface area contributed by atoms with Crippen molar-refractivity contribution in [3.63, 3.8) is 0 Å². The molecule has 0 radical (unpaired) electrons. The van der Waals surface area contributed by atoms with Crippen LogP contribution in [-0.4, -0.2) is 23.7 Å². The minimum atomic E-state index is -0.290. The normalized spacial score (nSPS) is 10.6. The van der Waals surface area contributed by atoms with Gasteiger partial charge in [0.1, 0.15) is 11.5 Å². The summed E-state index contributed by atoms with van der Waals surface area (Å²) in [7, 11) is 0. The summed E-state index contributed by atoms with van der Waals surface area (Å²) in [5.41, 5.74) is 1.26. The summed E-state index contributed by atoms with van der Waals surface area (Å²) < 4.78 is 11.3. The van der Waals surface area contributed by atoms with Crippen LogP contribution in [0.2, 0.25) is 0 Å². The third-order valence-electron chi connectivity index (χ3n) is 3.39. The fourth-order valence-electron chi connectivity index (χ4n) is 2.22. The molecule has 6 heteroatoms. The Balaban J connectivity index is 1.91. The molecular formula is C21H26N2O3S. The molecule has 0 saturated heterocycles. The van der Waals surface area contributed by atoms with Gasteiger partial charge < -0.3 is 14.8 Å². The predicted molar refractivity (Wildman–Crippen MR) is 113 cm³/mol. The first-order chi connectivity index (χ1) is 12.8. The average molecular weight is 387 g/mol. The first-order valence-corrected chi connectivity index (χ1v) is 9.36. The molecule has 0 bridgehead atoms. The molecule has 0 fully saturated rings. The molecule has 0 unspecified atom stereocenters. The van der Waals surface area contributed by atoms with Crippen molar-refractivity contribution < 1.29 is 14.3 Å². The number of carbonyl (C=O) groups excluding carboxylic acids is 1. The number of anilines is 1. The molecule has 2 aromatic rings. The van der Waals surface area contributed by atoms with Crippen LogP contribution in [0.5, 0.6) is 11.5 Å². The van der Waals surface area contributed by atoms with Gasteiger partial charge in [0.15, 0.2) is 5.11 Å². The molecule has 144 valence electrons. The van der Waals surface area contributed by atoms with Crippen molar-refractivity contribution in [3.05, 3.63) is 54.1 Å². The Kier molecular flexibility index (Phi) is 7.61. The maximum absolute atomic E-state index is 12.4. The summed E-state index contributed by atoms with van der Waals surface area (Å²) >= 11 is 5.23. The quantitative estimate of drug-likeness (QED) is 0.679. The number of hydrogen-bond donors (Lipinski definition) is 2. The minimum Gasteiger partial charge on any atom is -0.493 e. The van der Waals surface area contributed by atoms with Crippen LogP contribution in [0, 0.1) is 5.92 Å². The summed E-state index contributed by atoms with van der Waals surface area (Å²) in [5, 5.41) is 5.90. The van der Waals surface area contributed by atoms with Crippen molar-refractivity contribution in [3.8, 4) is 11.5 Å². The van der Waals surface area contributed by atoms with E-state index in [4.69, 9.17) is 21.7 Å². The van der Waals surface area contributed by atoms with Crippen molar-refractivity contribution in [2.45, 2.75) is 33.8 Å². The van der Waals surface area contributed by atoms with E-state index in [0.717, 1.165) is 11.4 Å². The maximum Gasteiger partial charge on any atom is 0.257 e. The van der Waals surface area contributed by atoms with E-state index in [1.165, 1.54) is 0 Å². The van der Waals surface area contributed by atoms with Gasteiger partial charge in [-0.2, -0.15) is 0 Å². The lowest BCUT2D eigenvalue weighted by molar-refractivity contribution is 0.0977. The molecular weight excluding hydrogens is 360 g/mol. The van der Waals surface area contributed by atoms with Crippen LogP contribution in [-0.2, 0) is 0 Å². The molecule has 0 heterocycles. The fourth-order valence-corrected chi connectivity index (χ4v) is 2.43. The van der Waals surface area contributed by atoms with Gasteiger partial charge >= 0.3 is 0 Å². The van der Waals surface area contributed by atoms with Gasteiger partial charge in [-0.15, -0.1) is 0 Å². The number of amides is 1. The van der Waals surface area contributed by atoms with Gasteiger partial charge in [-0.05, 0) is 74.4 Å². The molecule has 2 aromatic carbocycles. The van der Waals surface area contributed by atoms with Gasteiger partial charge in [0.05, 0.1) is 12.7 Å². The standard InChI is InChI=1S/C21H26N2O3S/c1-14(2)13-25-19-7-5-6-16(12-19)20(24)23-21(27)22-17-8-10-18(11-9-17)26-15(3)4/h5-12,14-15H,13H2,1-4H3,(H2,22,23,24,27). The zero-order valence-corrected chi connectivity index (χ0v) is 16.9. The van der Waals surface area contributed by atoms with Crippen LogP contribution in [0.15, 0.2) is 48.5 Å². The van der Waals surface area contributed by atoms with E-state index in [9.17, 15) is 4.79 Å². The van der Waals surface area contributed by atoms with E-state index in [2.05, 4.69) is 24.5 Å². The first-order valence-electron chi connectivity index (χ1n) is 8.95. The van der Waals surface area contributed by atoms with Crippen LogP contribution >= 0.6 is 12.2 Å². The highest BCUT2D eigenvalue weighted by molar-refractivity contribution is 7.80. The zero-order chi connectivity index (χ0) is 19.8. The summed E-state index contributed by atoms with van der Waals surface area (Å²) in [6.07, 6.45) is 0.115. The molecule has 1 amide bonds. The van der Waals surface area contributed by atoms with E-state index in [-0.39, 0.29) is 17.1 Å². The van der Waals surface area contributed by atoms with E-state index in [1.807, 2.05) is 44.2 Å². The molecule has 27 heavy (non-hydrogen) atoms. The van der Waals surface area contributed by atoms with Crippen LogP contribution < -0.4 is 20.1 Å². The van der Waals surface area contributed by atoms with Gasteiger partial charge in [0.2, 0.25) is 0 Å². The smallest absolute Gasteiger partial charge is 0.257 e. The second-order valence-electron chi connectivity index (χ2n) is 6.83. The molecule has 2 N–H and O–H groups in total. The van der Waals surface area contributed by atoms with Crippen molar-refractivity contribution in [1.29, 1.82) is 0 Å². The van der Waals surface area contributed by atoms with Gasteiger partial charge in [-0.25, -0.2) is 0 Å². The van der Waals surface area contributed by atoms with Gasteiger partial charge in [-0.1, -0.05) is 19.9 Å². The van der Waals surface area contributed by atoms with Crippen molar-refractivity contribution in [2.75, 3.05) is 11.9 Å². The number of ether oxygens (including phenoxy) is 2. The Morgan fingerprint density at radius 2 is 1.74 bits per heavy atom. The lowest BCUT2D eigenvalue weighted by Crippen LogP contribution is -2.34. The fraction of sp³-hybridized carbons (Fsp3) is 0.333. The van der Waals surface area contributed by atoms with Crippen molar-refractivity contribution in [1.82, 2.24) is 5.32 Å². The lowest BCUT2D eigenvalue weighted by atomic mass is 10.2. The largest absolute Gasteiger partial charge is 0.493 e. The average Bonchev–Trinajstić information content (AvgIpc) is 2.61. The van der Waals surface area contributed by atoms with Crippen molar-refractivity contribution >= 4 is 28.9 Å². The number of hydrogen-bond acceptors (Lipinski definition) is 4. The zero-order valence-electron chi connectivity index (χ0n) is 16.1. The van der Waals surface area contributed by atoms with Crippen LogP contribution in [0.4, 0.5) is 5.69 Å². The lowest BCUT2D eigenvalue weighted by Gasteiger charge is -2.13. The molecule has 0 aromatic heterocycles. The highest BCUT2D eigenvalue weighted by Gasteiger charge is 2.10. The van der Waals surface area contributed by atoms with Crippen LogP contribution in [0.25, 0.3) is 0 Å². The Morgan fingerprint density at radius 1 is 1.04 bits per heavy atom. The Bertz CT molecular complexity index is 773. The van der Waals surface area contributed by atoms with Crippen LogP contribution in [0.3, 0.4) is 0 Å². The van der Waals surface area contributed by atoms with Gasteiger partial charge in [0.25, 0.3) is 5.91 Å². The second kappa shape index (κ2) is 9.92. The third kappa shape index (κ3) is 7.27. The number of carbonyl (C=O) groups is 1. The van der Waals surface area contributed by atoms with E-state index >= 15 is 0 Å². The Labute approximate surface area is 166 Å². The molecule has 0 saturated carbocycles. The minimum absolute atomic E-state index is 0.115. The maximum atomic E-state index is 12.4. The number of thiocarbonyl (C=S) groups is 1. The topological polar surface area (TPSA) is 59.6 Å². The molecule has 0 spiro atoms. The number of benzene rings is 2. The summed E-state index contributed by atoms with van der Waals surface area (Å²) in [6, 6.07) is 14.4. The van der Waals surface area contributed by atoms with E-state index < -0.39 is 0 Å². The molecule has 2 rings (SSSR count). The molecule has 0 atom stereocenters.